The highest BCUT2D eigenvalue weighted by molar-refractivity contribution is 5.25. The summed E-state index contributed by atoms with van der Waals surface area (Å²) in [4.78, 5) is 6.36. The number of aliphatic hydroxyl groups is 1. The molecule has 1 aliphatic rings. The molecule has 4 nitrogen and oxygen atoms in total. The summed E-state index contributed by atoms with van der Waals surface area (Å²) in [5.41, 5.74) is 1.08. The van der Waals surface area contributed by atoms with Gasteiger partial charge in [-0.1, -0.05) is 6.07 Å². The highest BCUT2D eigenvalue weighted by Crippen LogP contribution is 2.19. The molecule has 1 N–H and O–H groups in total. The van der Waals surface area contributed by atoms with Gasteiger partial charge < -0.3 is 9.84 Å². The maximum absolute atomic E-state index is 9.42. The third-order valence-electron chi connectivity index (χ3n) is 2.68. The monoisotopic (exact) mass is 208 g/mol. The minimum atomic E-state index is -0.173. The van der Waals surface area contributed by atoms with Crippen molar-refractivity contribution in [3.8, 4) is 5.88 Å². The van der Waals surface area contributed by atoms with Crippen molar-refractivity contribution in [2.75, 3.05) is 20.2 Å². The Bertz CT molecular complexity index is 330. The Morgan fingerprint density at radius 2 is 2.53 bits per heavy atom. The van der Waals surface area contributed by atoms with Crippen LogP contribution in [0.15, 0.2) is 18.3 Å². The van der Waals surface area contributed by atoms with E-state index in [4.69, 9.17) is 4.74 Å². The molecule has 1 atom stereocenters. The van der Waals surface area contributed by atoms with Gasteiger partial charge in [0, 0.05) is 31.4 Å². The van der Waals surface area contributed by atoms with Crippen LogP contribution in [0.1, 0.15) is 12.0 Å². The molecular weight excluding hydrogens is 192 g/mol. The van der Waals surface area contributed by atoms with Crippen molar-refractivity contribution in [3.63, 3.8) is 0 Å². The van der Waals surface area contributed by atoms with Crippen LogP contribution in [-0.2, 0) is 6.54 Å². The second kappa shape index (κ2) is 4.59. The number of methoxy groups -OCH3 is 1. The van der Waals surface area contributed by atoms with E-state index in [0.29, 0.717) is 5.88 Å². The van der Waals surface area contributed by atoms with Gasteiger partial charge in [-0.3, -0.25) is 4.90 Å². The molecule has 0 unspecified atom stereocenters. The Kier molecular flexibility index (Phi) is 3.18. The summed E-state index contributed by atoms with van der Waals surface area (Å²) in [6.07, 6.45) is 2.41. The first-order valence-corrected chi connectivity index (χ1v) is 5.18. The van der Waals surface area contributed by atoms with E-state index in [0.717, 1.165) is 31.6 Å². The van der Waals surface area contributed by atoms with Crippen molar-refractivity contribution < 1.29 is 9.84 Å². The summed E-state index contributed by atoms with van der Waals surface area (Å²) in [6.45, 7) is 2.49. The van der Waals surface area contributed by atoms with E-state index >= 15 is 0 Å². The quantitative estimate of drug-likeness (QED) is 0.792. The summed E-state index contributed by atoms with van der Waals surface area (Å²) >= 11 is 0. The number of rotatable bonds is 3. The van der Waals surface area contributed by atoms with Crippen molar-refractivity contribution in [1.29, 1.82) is 0 Å². The average Bonchev–Trinajstić information content (AvgIpc) is 2.65. The van der Waals surface area contributed by atoms with Gasteiger partial charge in [-0.15, -0.1) is 0 Å². The van der Waals surface area contributed by atoms with E-state index in [2.05, 4.69) is 9.88 Å². The predicted octanol–water partition coefficient (Wildman–Crippen LogP) is 0.657. The van der Waals surface area contributed by atoms with Crippen LogP contribution in [0.3, 0.4) is 0 Å². The maximum atomic E-state index is 9.42. The average molecular weight is 208 g/mol. The number of β-amino-alcohol motifs (C(OH)–C–C–N with tert-alkyl or cyclic N) is 1. The number of ether oxygens (including phenoxy) is 1. The Morgan fingerprint density at radius 3 is 3.20 bits per heavy atom. The molecule has 1 aromatic heterocycles. The van der Waals surface area contributed by atoms with Crippen molar-refractivity contribution in [2.45, 2.75) is 19.1 Å². The van der Waals surface area contributed by atoms with Gasteiger partial charge in [0.15, 0.2) is 0 Å². The Morgan fingerprint density at radius 1 is 1.67 bits per heavy atom. The van der Waals surface area contributed by atoms with Crippen LogP contribution in [0.25, 0.3) is 0 Å². The Balaban J connectivity index is 2.04. The molecule has 1 fully saturated rings. The number of nitrogens with zero attached hydrogens (tertiary/aromatic N) is 2. The third kappa shape index (κ3) is 2.46. The first-order valence-electron chi connectivity index (χ1n) is 5.18. The molecule has 0 radical (unpaired) electrons. The van der Waals surface area contributed by atoms with E-state index in [-0.39, 0.29) is 6.10 Å². The van der Waals surface area contributed by atoms with Gasteiger partial charge in [-0.05, 0) is 12.5 Å². The van der Waals surface area contributed by atoms with Crippen LogP contribution in [0.5, 0.6) is 5.88 Å². The van der Waals surface area contributed by atoms with Crippen LogP contribution in [0, 0.1) is 0 Å². The van der Waals surface area contributed by atoms with Crippen LogP contribution < -0.4 is 4.74 Å². The van der Waals surface area contributed by atoms with Crippen LogP contribution in [-0.4, -0.2) is 41.3 Å². The normalized spacial score (nSPS) is 21.9. The Hall–Kier alpha value is -1.13. The van der Waals surface area contributed by atoms with E-state index in [1.165, 1.54) is 0 Å². The zero-order valence-electron chi connectivity index (χ0n) is 8.89. The number of aliphatic hydroxyl groups excluding tert-OH is 1. The van der Waals surface area contributed by atoms with Gasteiger partial charge in [0.05, 0.1) is 13.2 Å². The second-order valence-electron chi connectivity index (χ2n) is 3.85. The zero-order chi connectivity index (χ0) is 10.7. The highest BCUT2D eigenvalue weighted by atomic mass is 16.5. The molecule has 0 bridgehead atoms. The summed E-state index contributed by atoms with van der Waals surface area (Å²) < 4.78 is 5.18. The molecular formula is C11H16N2O2. The molecule has 2 rings (SSSR count). The number of pyridine rings is 1. The lowest BCUT2D eigenvalue weighted by Crippen LogP contribution is -2.21. The summed E-state index contributed by atoms with van der Waals surface area (Å²) in [5, 5.41) is 9.42. The molecule has 15 heavy (non-hydrogen) atoms. The topological polar surface area (TPSA) is 45.6 Å². The number of likely N-dealkylation sites (tertiary alicyclic amines) is 1. The van der Waals surface area contributed by atoms with Crippen molar-refractivity contribution in [2.24, 2.45) is 0 Å². The summed E-state index contributed by atoms with van der Waals surface area (Å²) in [6, 6.07) is 3.92. The van der Waals surface area contributed by atoms with E-state index in [1.54, 1.807) is 13.3 Å². The predicted molar refractivity (Wildman–Crippen MR) is 56.7 cm³/mol. The first kappa shape index (κ1) is 10.4. The van der Waals surface area contributed by atoms with Gasteiger partial charge in [0.25, 0.3) is 0 Å². The van der Waals surface area contributed by atoms with Crippen molar-refractivity contribution in [3.05, 3.63) is 23.9 Å². The lowest BCUT2D eigenvalue weighted by Gasteiger charge is -2.16. The van der Waals surface area contributed by atoms with Gasteiger partial charge in [0.2, 0.25) is 5.88 Å². The zero-order valence-corrected chi connectivity index (χ0v) is 8.89. The van der Waals surface area contributed by atoms with Gasteiger partial charge in [-0.2, -0.15) is 0 Å². The molecule has 1 aliphatic heterocycles. The lowest BCUT2D eigenvalue weighted by molar-refractivity contribution is 0.174. The van der Waals surface area contributed by atoms with Crippen LogP contribution in [0.2, 0.25) is 0 Å². The smallest absolute Gasteiger partial charge is 0.217 e. The molecule has 2 heterocycles. The number of aromatic nitrogens is 1. The number of hydrogen-bond acceptors (Lipinski definition) is 4. The minimum absolute atomic E-state index is 0.173. The van der Waals surface area contributed by atoms with E-state index in [9.17, 15) is 5.11 Å². The first-order chi connectivity index (χ1) is 7.29. The van der Waals surface area contributed by atoms with E-state index in [1.807, 2.05) is 12.1 Å². The largest absolute Gasteiger partial charge is 0.481 e. The molecule has 4 heteroatoms. The second-order valence-corrected chi connectivity index (χ2v) is 3.85. The summed E-state index contributed by atoms with van der Waals surface area (Å²) in [7, 11) is 1.63. The number of hydrogen-bond donors (Lipinski definition) is 1. The standard InChI is InChI=1S/C11H16N2O2/c1-15-11-9(3-2-5-12-11)7-13-6-4-10(14)8-13/h2-3,5,10,14H,4,6-8H2,1H3/t10-/m1/s1. The SMILES string of the molecule is COc1ncccc1CN1CC[C@@H](O)C1. The van der Waals surface area contributed by atoms with Crippen LogP contribution >= 0.6 is 0 Å². The molecule has 0 spiro atoms. The highest BCUT2D eigenvalue weighted by Gasteiger charge is 2.21. The van der Waals surface area contributed by atoms with Gasteiger partial charge in [-0.25, -0.2) is 4.98 Å². The molecule has 82 valence electrons. The van der Waals surface area contributed by atoms with Gasteiger partial charge in [0.1, 0.15) is 0 Å². The minimum Gasteiger partial charge on any atom is -0.481 e. The molecule has 0 amide bonds. The van der Waals surface area contributed by atoms with Crippen molar-refractivity contribution >= 4 is 0 Å². The lowest BCUT2D eigenvalue weighted by atomic mass is 10.2. The maximum Gasteiger partial charge on any atom is 0.217 e. The van der Waals surface area contributed by atoms with E-state index < -0.39 is 0 Å². The third-order valence-corrected chi connectivity index (χ3v) is 2.68. The van der Waals surface area contributed by atoms with Gasteiger partial charge >= 0.3 is 0 Å². The molecule has 1 saturated heterocycles. The van der Waals surface area contributed by atoms with Crippen molar-refractivity contribution in [1.82, 2.24) is 9.88 Å². The van der Waals surface area contributed by atoms with Crippen LogP contribution in [0.4, 0.5) is 0 Å². The molecule has 0 aliphatic carbocycles. The Labute approximate surface area is 89.5 Å². The fourth-order valence-electron chi connectivity index (χ4n) is 1.92. The molecule has 1 aromatic rings. The fourth-order valence-corrected chi connectivity index (χ4v) is 1.92. The summed E-state index contributed by atoms with van der Waals surface area (Å²) in [5.74, 6) is 0.680. The fraction of sp³-hybridized carbons (Fsp3) is 0.545. The molecule has 0 saturated carbocycles. The molecule has 0 aromatic carbocycles.